The van der Waals surface area contributed by atoms with E-state index >= 15 is 0 Å². The molecule has 1 aliphatic carbocycles. The minimum absolute atomic E-state index is 0.0419. The fraction of sp³-hybridized carbons (Fsp3) is 0.588. The Hall–Kier alpha value is -1.62. The van der Waals surface area contributed by atoms with E-state index in [0.29, 0.717) is 5.69 Å². The molecule has 2 aliphatic rings. The second-order valence-corrected chi connectivity index (χ2v) is 6.16. The smallest absolute Gasteiger partial charge is 0.250 e. The van der Waals surface area contributed by atoms with Crippen molar-refractivity contribution in [1.29, 1.82) is 0 Å². The number of hydrogen-bond acceptors (Lipinski definition) is 3. The zero-order valence-corrected chi connectivity index (χ0v) is 12.8. The SMILES string of the molecule is O=C(COC1CCCC1)Nc1cc(F)cc(N2CCCC2)c1. The summed E-state index contributed by atoms with van der Waals surface area (Å²) in [5, 5.41) is 2.74. The zero-order valence-electron chi connectivity index (χ0n) is 12.8. The van der Waals surface area contributed by atoms with Gasteiger partial charge in [-0.1, -0.05) is 12.8 Å². The summed E-state index contributed by atoms with van der Waals surface area (Å²) in [4.78, 5) is 14.1. The maximum Gasteiger partial charge on any atom is 0.250 e. The minimum Gasteiger partial charge on any atom is -0.371 e. The number of anilines is 2. The molecule has 4 nitrogen and oxygen atoms in total. The first-order valence-electron chi connectivity index (χ1n) is 8.18. The molecule has 1 heterocycles. The van der Waals surface area contributed by atoms with Crippen LogP contribution in [0.1, 0.15) is 38.5 Å². The highest BCUT2D eigenvalue weighted by Crippen LogP contribution is 2.25. The maximum absolute atomic E-state index is 13.8. The van der Waals surface area contributed by atoms with Gasteiger partial charge in [-0.05, 0) is 43.9 Å². The molecule has 1 aromatic rings. The number of carbonyl (C=O) groups excluding carboxylic acids is 1. The summed E-state index contributed by atoms with van der Waals surface area (Å²) in [7, 11) is 0. The second-order valence-electron chi connectivity index (χ2n) is 6.16. The lowest BCUT2D eigenvalue weighted by atomic mass is 10.2. The zero-order chi connectivity index (χ0) is 15.4. The summed E-state index contributed by atoms with van der Waals surface area (Å²) in [6.45, 7) is 1.93. The average Bonchev–Trinajstić information content (AvgIpc) is 3.18. The lowest BCUT2D eigenvalue weighted by molar-refractivity contribution is -0.122. The first kappa shape index (κ1) is 15.3. The van der Waals surface area contributed by atoms with E-state index in [1.165, 1.54) is 25.0 Å². The minimum atomic E-state index is -0.323. The Morgan fingerprint density at radius 2 is 1.91 bits per heavy atom. The molecule has 0 unspecified atom stereocenters. The highest BCUT2D eigenvalue weighted by atomic mass is 19.1. The van der Waals surface area contributed by atoms with Gasteiger partial charge in [0.15, 0.2) is 0 Å². The quantitative estimate of drug-likeness (QED) is 0.907. The van der Waals surface area contributed by atoms with Gasteiger partial charge in [0, 0.05) is 24.5 Å². The van der Waals surface area contributed by atoms with Crippen molar-refractivity contribution in [3.63, 3.8) is 0 Å². The van der Waals surface area contributed by atoms with Crippen molar-refractivity contribution in [2.45, 2.75) is 44.6 Å². The van der Waals surface area contributed by atoms with E-state index in [0.717, 1.165) is 44.5 Å². The standard InChI is InChI=1S/C17H23FN2O2/c18-13-9-14(11-15(10-13)20-7-3-4-8-20)19-17(21)12-22-16-5-1-2-6-16/h9-11,16H,1-8,12H2,(H,19,21). The van der Waals surface area contributed by atoms with Crippen molar-refractivity contribution in [3.8, 4) is 0 Å². The molecule has 5 heteroatoms. The van der Waals surface area contributed by atoms with E-state index < -0.39 is 0 Å². The van der Waals surface area contributed by atoms with Crippen LogP contribution in [0, 0.1) is 5.82 Å². The van der Waals surface area contributed by atoms with Crippen LogP contribution >= 0.6 is 0 Å². The van der Waals surface area contributed by atoms with E-state index in [4.69, 9.17) is 4.74 Å². The Kier molecular flexibility index (Phi) is 4.93. The molecule has 0 bridgehead atoms. The Morgan fingerprint density at radius 1 is 1.18 bits per heavy atom. The Labute approximate surface area is 130 Å². The van der Waals surface area contributed by atoms with Crippen LogP contribution in [0.3, 0.4) is 0 Å². The molecule has 1 saturated carbocycles. The predicted octanol–water partition coefficient (Wildman–Crippen LogP) is 3.32. The maximum atomic E-state index is 13.8. The van der Waals surface area contributed by atoms with Crippen molar-refractivity contribution in [2.24, 2.45) is 0 Å². The second kappa shape index (κ2) is 7.09. The number of amides is 1. The highest BCUT2D eigenvalue weighted by Gasteiger charge is 2.17. The van der Waals surface area contributed by atoms with Crippen LogP contribution in [0.4, 0.5) is 15.8 Å². The molecule has 1 aliphatic heterocycles. The molecule has 1 amide bonds. The normalized spacial score (nSPS) is 18.9. The van der Waals surface area contributed by atoms with E-state index in [1.54, 1.807) is 0 Å². The van der Waals surface area contributed by atoms with Gasteiger partial charge in [0.25, 0.3) is 0 Å². The van der Waals surface area contributed by atoms with E-state index in [1.807, 2.05) is 6.07 Å². The number of nitrogens with one attached hydrogen (secondary N) is 1. The summed E-state index contributed by atoms with van der Waals surface area (Å²) in [5.74, 6) is -0.540. The van der Waals surface area contributed by atoms with Gasteiger partial charge < -0.3 is 15.0 Å². The van der Waals surface area contributed by atoms with E-state index in [9.17, 15) is 9.18 Å². The molecule has 3 rings (SSSR count). The summed E-state index contributed by atoms with van der Waals surface area (Å²) in [5.41, 5.74) is 1.34. The van der Waals surface area contributed by atoms with Gasteiger partial charge in [-0.25, -0.2) is 4.39 Å². The third kappa shape index (κ3) is 3.97. The number of hydrogen-bond donors (Lipinski definition) is 1. The third-order valence-electron chi connectivity index (χ3n) is 4.39. The predicted molar refractivity (Wildman–Crippen MR) is 84.7 cm³/mol. The molecule has 1 saturated heterocycles. The molecule has 1 aromatic carbocycles. The van der Waals surface area contributed by atoms with Crippen molar-refractivity contribution >= 4 is 17.3 Å². The van der Waals surface area contributed by atoms with E-state index in [2.05, 4.69) is 10.2 Å². The van der Waals surface area contributed by atoms with Crippen molar-refractivity contribution in [1.82, 2.24) is 0 Å². The molecule has 0 spiro atoms. The van der Waals surface area contributed by atoms with Crippen LogP contribution in [-0.4, -0.2) is 31.7 Å². The number of carbonyl (C=O) groups is 1. The average molecular weight is 306 g/mol. The van der Waals surface area contributed by atoms with Gasteiger partial charge in [-0.2, -0.15) is 0 Å². The van der Waals surface area contributed by atoms with Gasteiger partial charge in [-0.3, -0.25) is 4.79 Å². The van der Waals surface area contributed by atoms with Crippen LogP contribution < -0.4 is 10.2 Å². The van der Waals surface area contributed by atoms with Crippen LogP contribution in [0.25, 0.3) is 0 Å². The van der Waals surface area contributed by atoms with Gasteiger partial charge in [-0.15, -0.1) is 0 Å². The van der Waals surface area contributed by atoms with Crippen molar-refractivity contribution < 1.29 is 13.9 Å². The number of ether oxygens (including phenoxy) is 1. The van der Waals surface area contributed by atoms with Crippen molar-refractivity contribution in [2.75, 3.05) is 29.9 Å². The molecule has 0 atom stereocenters. The largest absolute Gasteiger partial charge is 0.371 e. The Morgan fingerprint density at radius 3 is 2.64 bits per heavy atom. The molecular weight excluding hydrogens is 283 g/mol. The first-order valence-corrected chi connectivity index (χ1v) is 8.18. The number of rotatable bonds is 5. The van der Waals surface area contributed by atoms with E-state index in [-0.39, 0.29) is 24.4 Å². The number of halogens is 1. The fourth-order valence-electron chi connectivity index (χ4n) is 3.25. The Bertz CT molecular complexity index is 523. The van der Waals surface area contributed by atoms with Gasteiger partial charge in [0.1, 0.15) is 12.4 Å². The highest BCUT2D eigenvalue weighted by molar-refractivity contribution is 5.92. The monoisotopic (exact) mass is 306 g/mol. The molecule has 120 valence electrons. The molecule has 22 heavy (non-hydrogen) atoms. The van der Waals surface area contributed by atoms with Crippen LogP contribution in [0.5, 0.6) is 0 Å². The molecular formula is C17H23FN2O2. The van der Waals surface area contributed by atoms with Gasteiger partial charge >= 0.3 is 0 Å². The van der Waals surface area contributed by atoms with Gasteiger partial charge in [0.05, 0.1) is 6.10 Å². The van der Waals surface area contributed by atoms with Crippen LogP contribution in [0.2, 0.25) is 0 Å². The topological polar surface area (TPSA) is 41.6 Å². The third-order valence-corrected chi connectivity index (χ3v) is 4.39. The lowest BCUT2D eigenvalue weighted by Gasteiger charge is -2.19. The Balaban J connectivity index is 1.57. The molecule has 0 aromatic heterocycles. The lowest BCUT2D eigenvalue weighted by Crippen LogP contribution is -2.22. The molecule has 2 fully saturated rings. The van der Waals surface area contributed by atoms with Crippen molar-refractivity contribution in [3.05, 3.63) is 24.0 Å². The molecule has 1 N–H and O–H groups in total. The summed E-state index contributed by atoms with van der Waals surface area (Å²) in [6, 6.07) is 4.71. The number of benzene rings is 1. The first-order chi connectivity index (χ1) is 10.7. The molecule has 0 radical (unpaired) electrons. The van der Waals surface area contributed by atoms with Gasteiger partial charge in [0.2, 0.25) is 5.91 Å². The summed E-state index contributed by atoms with van der Waals surface area (Å²) >= 11 is 0. The number of nitrogens with zero attached hydrogens (tertiary/aromatic N) is 1. The summed E-state index contributed by atoms with van der Waals surface area (Å²) in [6.07, 6.45) is 6.89. The fourth-order valence-corrected chi connectivity index (χ4v) is 3.25. The van der Waals surface area contributed by atoms with Crippen LogP contribution in [-0.2, 0) is 9.53 Å². The summed E-state index contributed by atoms with van der Waals surface area (Å²) < 4.78 is 19.3. The van der Waals surface area contributed by atoms with Crippen LogP contribution in [0.15, 0.2) is 18.2 Å².